The standard InChI is InChI=1S/C27H28N2O6/c1-27(2,3)23(24(30)28-14-16-12-13-22(35-16)25(31)32)29-26(33)34-15-21-19-10-6-4-8-17(19)18-9-5-7-11-20(18)21/h4-13,21,23H,14-15H2,1-3H3,(H,28,30)(H,29,33)(H,31,32). The molecule has 1 aromatic heterocycles. The van der Waals surface area contributed by atoms with Gasteiger partial charge in [0.25, 0.3) is 0 Å². The molecule has 8 nitrogen and oxygen atoms in total. The molecule has 3 N–H and O–H groups in total. The molecule has 2 amide bonds. The summed E-state index contributed by atoms with van der Waals surface area (Å²) in [5.41, 5.74) is 3.86. The van der Waals surface area contributed by atoms with E-state index in [-0.39, 0.29) is 24.8 Å². The number of carbonyl (C=O) groups excluding carboxylic acids is 2. The highest BCUT2D eigenvalue weighted by molar-refractivity contribution is 5.87. The monoisotopic (exact) mass is 476 g/mol. The Morgan fingerprint density at radius 1 is 0.971 bits per heavy atom. The average molecular weight is 477 g/mol. The molecule has 1 unspecified atom stereocenters. The Labute approximate surface area is 203 Å². The van der Waals surface area contributed by atoms with E-state index in [4.69, 9.17) is 14.3 Å². The molecule has 0 saturated heterocycles. The summed E-state index contributed by atoms with van der Waals surface area (Å²) >= 11 is 0. The van der Waals surface area contributed by atoms with E-state index in [1.165, 1.54) is 12.1 Å². The number of amides is 2. The number of furan rings is 1. The van der Waals surface area contributed by atoms with Gasteiger partial charge in [-0.05, 0) is 39.8 Å². The molecule has 2 aromatic carbocycles. The van der Waals surface area contributed by atoms with Gasteiger partial charge in [-0.15, -0.1) is 0 Å². The molecule has 3 aromatic rings. The molecule has 0 fully saturated rings. The minimum Gasteiger partial charge on any atom is -0.475 e. The maximum Gasteiger partial charge on any atom is 0.407 e. The lowest BCUT2D eigenvalue weighted by Gasteiger charge is -2.30. The fourth-order valence-corrected chi connectivity index (χ4v) is 4.30. The van der Waals surface area contributed by atoms with Crippen LogP contribution in [0.1, 0.15) is 54.1 Å². The maximum atomic E-state index is 12.9. The largest absolute Gasteiger partial charge is 0.475 e. The second-order valence-electron chi connectivity index (χ2n) is 9.56. The molecule has 0 radical (unpaired) electrons. The van der Waals surface area contributed by atoms with E-state index in [9.17, 15) is 14.4 Å². The van der Waals surface area contributed by atoms with Gasteiger partial charge in [-0.2, -0.15) is 0 Å². The lowest BCUT2D eigenvalue weighted by Crippen LogP contribution is -2.53. The Balaban J connectivity index is 1.39. The molecule has 1 heterocycles. The molecule has 1 atom stereocenters. The van der Waals surface area contributed by atoms with Crippen LogP contribution in [0.2, 0.25) is 0 Å². The third kappa shape index (κ3) is 5.21. The van der Waals surface area contributed by atoms with Crippen LogP contribution in [-0.4, -0.2) is 35.7 Å². The number of carboxylic acid groups (broad SMARTS) is 1. The molecule has 1 aliphatic rings. The van der Waals surface area contributed by atoms with E-state index >= 15 is 0 Å². The molecule has 0 spiro atoms. The van der Waals surface area contributed by atoms with E-state index in [0.717, 1.165) is 22.3 Å². The Bertz CT molecular complexity index is 1210. The fraction of sp³-hybridized carbons (Fsp3) is 0.296. The number of nitrogens with one attached hydrogen (secondary N) is 2. The lowest BCUT2D eigenvalue weighted by atomic mass is 9.86. The summed E-state index contributed by atoms with van der Waals surface area (Å²) < 4.78 is 10.8. The SMILES string of the molecule is CC(C)(C)C(NC(=O)OCC1c2ccccc2-c2ccccc21)C(=O)NCc1ccc(C(=O)O)o1. The predicted molar refractivity (Wildman–Crippen MR) is 129 cm³/mol. The van der Waals surface area contributed by atoms with Crippen molar-refractivity contribution in [2.24, 2.45) is 5.41 Å². The summed E-state index contributed by atoms with van der Waals surface area (Å²) in [6.45, 7) is 5.62. The van der Waals surface area contributed by atoms with Gasteiger partial charge in [0.15, 0.2) is 0 Å². The van der Waals surface area contributed by atoms with Gasteiger partial charge < -0.3 is 24.9 Å². The van der Waals surface area contributed by atoms with Crippen LogP contribution in [0, 0.1) is 5.41 Å². The first kappa shape index (κ1) is 24.1. The van der Waals surface area contributed by atoms with Gasteiger partial charge in [0, 0.05) is 5.92 Å². The Morgan fingerprint density at radius 2 is 1.57 bits per heavy atom. The van der Waals surface area contributed by atoms with Crippen molar-refractivity contribution in [1.82, 2.24) is 10.6 Å². The number of rotatable bonds is 7. The first-order valence-electron chi connectivity index (χ1n) is 11.4. The van der Waals surface area contributed by atoms with Crippen LogP contribution in [0.3, 0.4) is 0 Å². The Kier molecular flexibility index (Phi) is 6.64. The molecule has 1 aliphatic carbocycles. The summed E-state index contributed by atoms with van der Waals surface area (Å²) in [5, 5.41) is 14.3. The molecule has 35 heavy (non-hydrogen) atoms. The lowest BCUT2D eigenvalue weighted by molar-refractivity contribution is -0.125. The van der Waals surface area contributed by atoms with Crippen molar-refractivity contribution in [1.29, 1.82) is 0 Å². The molecular formula is C27H28N2O6. The van der Waals surface area contributed by atoms with Gasteiger partial charge in [0.1, 0.15) is 18.4 Å². The number of fused-ring (bicyclic) bond motifs is 3. The van der Waals surface area contributed by atoms with Gasteiger partial charge in [0.2, 0.25) is 11.7 Å². The van der Waals surface area contributed by atoms with E-state index in [1.807, 2.05) is 57.2 Å². The van der Waals surface area contributed by atoms with Crippen molar-refractivity contribution >= 4 is 18.0 Å². The summed E-state index contributed by atoms with van der Waals surface area (Å²) in [6, 6.07) is 18.0. The highest BCUT2D eigenvalue weighted by Gasteiger charge is 2.34. The molecule has 0 bridgehead atoms. The quantitative estimate of drug-likeness (QED) is 0.461. The van der Waals surface area contributed by atoms with Crippen molar-refractivity contribution in [3.05, 3.63) is 83.3 Å². The third-order valence-electron chi connectivity index (χ3n) is 6.04. The first-order valence-corrected chi connectivity index (χ1v) is 11.4. The summed E-state index contributed by atoms with van der Waals surface area (Å²) in [4.78, 5) is 36.6. The highest BCUT2D eigenvalue weighted by Crippen LogP contribution is 2.44. The van der Waals surface area contributed by atoms with Crippen molar-refractivity contribution in [2.75, 3.05) is 6.61 Å². The molecule has 182 valence electrons. The highest BCUT2D eigenvalue weighted by atomic mass is 16.5. The van der Waals surface area contributed by atoms with Gasteiger partial charge in [-0.1, -0.05) is 69.3 Å². The minimum absolute atomic E-state index is 0.00887. The predicted octanol–water partition coefficient (Wildman–Crippen LogP) is 4.55. The molecular weight excluding hydrogens is 448 g/mol. The topological polar surface area (TPSA) is 118 Å². The van der Waals surface area contributed by atoms with Crippen LogP contribution in [0.15, 0.2) is 65.1 Å². The fourth-order valence-electron chi connectivity index (χ4n) is 4.30. The van der Waals surface area contributed by atoms with Gasteiger partial charge in [0.05, 0.1) is 6.54 Å². The molecule has 0 aliphatic heterocycles. The van der Waals surface area contributed by atoms with Crippen molar-refractivity contribution in [2.45, 2.75) is 39.3 Å². The van der Waals surface area contributed by atoms with Gasteiger partial charge >= 0.3 is 12.1 Å². The van der Waals surface area contributed by atoms with Crippen molar-refractivity contribution < 1.29 is 28.6 Å². The van der Waals surface area contributed by atoms with Crippen molar-refractivity contribution in [3.63, 3.8) is 0 Å². The zero-order valence-corrected chi connectivity index (χ0v) is 19.8. The maximum absolute atomic E-state index is 12.9. The number of hydrogen-bond donors (Lipinski definition) is 3. The van der Waals surface area contributed by atoms with E-state index < -0.39 is 29.4 Å². The van der Waals surface area contributed by atoms with E-state index in [2.05, 4.69) is 22.8 Å². The van der Waals surface area contributed by atoms with Gasteiger partial charge in [-0.25, -0.2) is 9.59 Å². The molecule has 0 saturated carbocycles. The van der Waals surface area contributed by atoms with Crippen LogP contribution in [0.4, 0.5) is 4.79 Å². The first-order chi connectivity index (χ1) is 16.6. The van der Waals surface area contributed by atoms with Crippen LogP contribution in [0.5, 0.6) is 0 Å². The third-order valence-corrected chi connectivity index (χ3v) is 6.04. The smallest absolute Gasteiger partial charge is 0.407 e. The Morgan fingerprint density at radius 3 is 2.11 bits per heavy atom. The van der Waals surface area contributed by atoms with Crippen LogP contribution >= 0.6 is 0 Å². The van der Waals surface area contributed by atoms with Crippen molar-refractivity contribution in [3.8, 4) is 11.1 Å². The second kappa shape index (κ2) is 9.66. The minimum atomic E-state index is -1.19. The normalized spacial score (nSPS) is 13.5. The van der Waals surface area contributed by atoms with Crippen LogP contribution in [0.25, 0.3) is 11.1 Å². The zero-order valence-electron chi connectivity index (χ0n) is 19.8. The summed E-state index contributed by atoms with van der Waals surface area (Å²) in [7, 11) is 0. The number of hydrogen-bond acceptors (Lipinski definition) is 5. The number of aromatic carboxylic acids is 1. The van der Waals surface area contributed by atoms with Crippen LogP contribution in [-0.2, 0) is 16.1 Å². The summed E-state index contributed by atoms with van der Waals surface area (Å²) in [5.74, 6) is -1.62. The molecule has 4 rings (SSSR count). The summed E-state index contributed by atoms with van der Waals surface area (Å²) in [6.07, 6.45) is -0.687. The number of carbonyl (C=O) groups is 3. The number of alkyl carbamates (subject to hydrolysis) is 1. The van der Waals surface area contributed by atoms with E-state index in [1.54, 1.807) is 0 Å². The number of carboxylic acids is 1. The molecule has 8 heteroatoms. The number of benzene rings is 2. The zero-order chi connectivity index (χ0) is 25.2. The van der Waals surface area contributed by atoms with E-state index in [0.29, 0.717) is 5.76 Å². The van der Waals surface area contributed by atoms with Gasteiger partial charge in [-0.3, -0.25) is 4.79 Å². The average Bonchev–Trinajstić information content (AvgIpc) is 3.42. The van der Waals surface area contributed by atoms with Crippen LogP contribution < -0.4 is 10.6 Å². The number of ether oxygens (including phenoxy) is 1. The Hall–Kier alpha value is -4.07. The second-order valence-corrected chi connectivity index (χ2v) is 9.56.